The summed E-state index contributed by atoms with van der Waals surface area (Å²) in [6, 6.07) is 5.32. The summed E-state index contributed by atoms with van der Waals surface area (Å²) in [7, 11) is 1.43. The van der Waals surface area contributed by atoms with Crippen LogP contribution in [0.3, 0.4) is 0 Å². The molecule has 0 radical (unpaired) electrons. The molecule has 0 aromatic heterocycles. The van der Waals surface area contributed by atoms with E-state index in [4.69, 9.17) is 10.5 Å². The first-order valence-corrected chi connectivity index (χ1v) is 9.32. The molecule has 1 unspecified atom stereocenters. The van der Waals surface area contributed by atoms with Crippen LogP contribution < -0.4 is 21.1 Å². The summed E-state index contributed by atoms with van der Waals surface area (Å²) >= 11 is 0. The Morgan fingerprint density at radius 2 is 1.93 bits per heavy atom. The lowest BCUT2D eigenvalue weighted by Gasteiger charge is -2.45. The van der Waals surface area contributed by atoms with E-state index in [9.17, 15) is 14.4 Å². The number of methoxy groups -OCH3 is 1. The highest BCUT2D eigenvalue weighted by atomic mass is 16.5. The standard InChI is InChI=1S/C19H26N4O4/c1-27-16-7-6-12(17(20)24)10-15(16)22-19(26)18(25)21-11-14-8-9-23(14)13-4-2-3-5-13/h6-7,10,13-14H,2-5,8-9,11H2,1H3,(H2,20,24)(H,21,25)(H,22,26). The highest BCUT2D eigenvalue weighted by Crippen LogP contribution is 2.30. The second-order valence-electron chi connectivity index (χ2n) is 7.06. The van der Waals surface area contributed by atoms with Crippen molar-refractivity contribution in [3.8, 4) is 5.75 Å². The van der Waals surface area contributed by atoms with Crippen LogP contribution in [0, 0.1) is 0 Å². The van der Waals surface area contributed by atoms with Crippen LogP contribution in [0.2, 0.25) is 0 Å². The van der Waals surface area contributed by atoms with Crippen LogP contribution in [0.25, 0.3) is 0 Å². The number of benzene rings is 1. The van der Waals surface area contributed by atoms with Crippen molar-refractivity contribution in [3.63, 3.8) is 0 Å². The van der Waals surface area contributed by atoms with Gasteiger partial charge < -0.3 is 21.1 Å². The third-order valence-corrected chi connectivity index (χ3v) is 5.42. The number of nitrogens with one attached hydrogen (secondary N) is 2. The van der Waals surface area contributed by atoms with Gasteiger partial charge in [0, 0.05) is 30.7 Å². The van der Waals surface area contributed by atoms with Crippen LogP contribution >= 0.6 is 0 Å². The molecule has 146 valence electrons. The van der Waals surface area contributed by atoms with Crippen LogP contribution in [0.15, 0.2) is 18.2 Å². The highest BCUT2D eigenvalue weighted by molar-refractivity contribution is 6.39. The molecule has 4 N–H and O–H groups in total. The molecule has 1 saturated carbocycles. The molecule has 0 bridgehead atoms. The van der Waals surface area contributed by atoms with Gasteiger partial charge in [-0.25, -0.2) is 0 Å². The zero-order valence-corrected chi connectivity index (χ0v) is 15.5. The van der Waals surface area contributed by atoms with Crippen LogP contribution in [-0.4, -0.2) is 54.9 Å². The van der Waals surface area contributed by atoms with E-state index in [2.05, 4.69) is 15.5 Å². The number of hydrogen-bond acceptors (Lipinski definition) is 5. The Balaban J connectivity index is 1.54. The average molecular weight is 374 g/mol. The summed E-state index contributed by atoms with van der Waals surface area (Å²) in [5.74, 6) is -1.80. The molecule has 27 heavy (non-hydrogen) atoms. The Bertz CT molecular complexity index is 730. The number of primary amides is 1. The number of hydrogen-bond donors (Lipinski definition) is 3. The van der Waals surface area contributed by atoms with Gasteiger partial charge in [-0.15, -0.1) is 0 Å². The first kappa shape index (κ1) is 19.2. The number of anilines is 1. The number of carbonyl (C=O) groups is 3. The molecule has 1 atom stereocenters. The minimum atomic E-state index is -0.804. The molecule has 2 fully saturated rings. The normalized spacial score (nSPS) is 20.0. The van der Waals surface area contributed by atoms with Gasteiger partial charge in [-0.05, 0) is 37.5 Å². The van der Waals surface area contributed by atoms with Gasteiger partial charge >= 0.3 is 11.8 Å². The maximum atomic E-state index is 12.2. The van der Waals surface area contributed by atoms with Gasteiger partial charge in [-0.3, -0.25) is 19.3 Å². The fourth-order valence-electron chi connectivity index (χ4n) is 3.83. The maximum absolute atomic E-state index is 12.2. The van der Waals surface area contributed by atoms with E-state index >= 15 is 0 Å². The molecule has 1 aliphatic carbocycles. The number of amides is 3. The van der Waals surface area contributed by atoms with E-state index in [-0.39, 0.29) is 11.3 Å². The van der Waals surface area contributed by atoms with E-state index in [1.165, 1.54) is 51.0 Å². The van der Waals surface area contributed by atoms with Crippen molar-refractivity contribution >= 4 is 23.4 Å². The lowest BCUT2D eigenvalue weighted by Crippen LogP contribution is -2.57. The first-order chi connectivity index (χ1) is 13.0. The number of rotatable bonds is 6. The van der Waals surface area contributed by atoms with Gasteiger partial charge in [0.05, 0.1) is 12.8 Å². The Kier molecular flexibility index (Phi) is 5.95. The largest absolute Gasteiger partial charge is 0.495 e. The van der Waals surface area contributed by atoms with E-state index in [0.29, 0.717) is 24.4 Å². The fraction of sp³-hybridized carbons (Fsp3) is 0.526. The topological polar surface area (TPSA) is 114 Å². The molecule has 1 aliphatic heterocycles. The molecule has 1 aromatic rings. The van der Waals surface area contributed by atoms with Crippen molar-refractivity contribution in [2.45, 2.75) is 44.2 Å². The molecule has 1 saturated heterocycles. The predicted octanol–water partition coefficient (Wildman–Crippen LogP) is 0.866. The monoisotopic (exact) mass is 374 g/mol. The summed E-state index contributed by atoms with van der Waals surface area (Å²) in [6.45, 7) is 1.52. The second kappa shape index (κ2) is 8.39. The van der Waals surface area contributed by atoms with Gasteiger partial charge in [0.2, 0.25) is 5.91 Å². The van der Waals surface area contributed by atoms with Crippen LogP contribution in [0.5, 0.6) is 5.75 Å². The lowest BCUT2D eigenvalue weighted by atomic mass is 9.98. The van der Waals surface area contributed by atoms with Crippen molar-refractivity contribution in [1.29, 1.82) is 0 Å². The van der Waals surface area contributed by atoms with Crippen molar-refractivity contribution in [2.75, 3.05) is 25.5 Å². The molecule has 2 aliphatic rings. The van der Waals surface area contributed by atoms with E-state index in [1.807, 2.05) is 0 Å². The van der Waals surface area contributed by atoms with Gasteiger partial charge in [-0.2, -0.15) is 0 Å². The molecule has 3 rings (SSSR count). The minimum absolute atomic E-state index is 0.216. The zero-order valence-electron chi connectivity index (χ0n) is 15.5. The van der Waals surface area contributed by atoms with E-state index in [1.54, 1.807) is 0 Å². The second-order valence-corrected chi connectivity index (χ2v) is 7.06. The zero-order chi connectivity index (χ0) is 19.4. The summed E-state index contributed by atoms with van der Waals surface area (Å²) < 4.78 is 5.15. The molecule has 0 spiro atoms. The number of ether oxygens (including phenoxy) is 1. The quantitative estimate of drug-likeness (QED) is 0.639. The van der Waals surface area contributed by atoms with Crippen molar-refractivity contribution in [2.24, 2.45) is 5.73 Å². The summed E-state index contributed by atoms with van der Waals surface area (Å²) in [4.78, 5) is 38.1. The van der Waals surface area contributed by atoms with Gasteiger partial charge in [-0.1, -0.05) is 12.8 Å². The van der Waals surface area contributed by atoms with E-state index in [0.717, 1.165) is 13.0 Å². The summed E-state index contributed by atoms with van der Waals surface area (Å²) in [5, 5.41) is 5.19. The number of nitrogens with zero attached hydrogens (tertiary/aromatic N) is 1. The third-order valence-electron chi connectivity index (χ3n) is 5.42. The Labute approximate surface area is 158 Å². The molecular weight excluding hydrogens is 348 g/mol. The number of nitrogens with two attached hydrogens (primary N) is 1. The van der Waals surface area contributed by atoms with Gasteiger partial charge in [0.15, 0.2) is 0 Å². The Morgan fingerprint density at radius 3 is 2.52 bits per heavy atom. The average Bonchev–Trinajstić information content (AvgIpc) is 3.14. The molecule has 1 aromatic carbocycles. The molecule has 8 nitrogen and oxygen atoms in total. The number of carbonyl (C=O) groups excluding carboxylic acids is 3. The molecule has 8 heteroatoms. The molecular formula is C19H26N4O4. The van der Waals surface area contributed by atoms with Crippen molar-refractivity contribution in [1.82, 2.24) is 10.2 Å². The highest BCUT2D eigenvalue weighted by Gasteiger charge is 2.35. The first-order valence-electron chi connectivity index (χ1n) is 9.32. The van der Waals surface area contributed by atoms with Crippen LogP contribution in [-0.2, 0) is 9.59 Å². The van der Waals surface area contributed by atoms with Crippen molar-refractivity contribution < 1.29 is 19.1 Å². The summed E-state index contributed by atoms with van der Waals surface area (Å²) in [5.41, 5.74) is 5.70. The van der Waals surface area contributed by atoms with Gasteiger partial charge in [0.25, 0.3) is 0 Å². The van der Waals surface area contributed by atoms with Crippen LogP contribution in [0.4, 0.5) is 5.69 Å². The minimum Gasteiger partial charge on any atom is -0.495 e. The molecule has 1 heterocycles. The maximum Gasteiger partial charge on any atom is 0.313 e. The SMILES string of the molecule is COc1ccc(C(N)=O)cc1NC(=O)C(=O)NCC1CCN1C1CCCC1. The smallest absolute Gasteiger partial charge is 0.313 e. The predicted molar refractivity (Wildman–Crippen MR) is 101 cm³/mol. The third kappa shape index (κ3) is 4.39. The Morgan fingerprint density at radius 1 is 1.19 bits per heavy atom. The Hall–Kier alpha value is -2.61. The summed E-state index contributed by atoms with van der Waals surface area (Å²) in [6.07, 6.45) is 6.03. The van der Waals surface area contributed by atoms with E-state index < -0.39 is 17.7 Å². The lowest BCUT2D eigenvalue weighted by molar-refractivity contribution is -0.136. The van der Waals surface area contributed by atoms with Gasteiger partial charge in [0.1, 0.15) is 5.75 Å². The fourth-order valence-corrected chi connectivity index (χ4v) is 3.83. The molecule has 3 amide bonds. The van der Waals surface area contributed by atoms with Crippen molar-refractivity contribution in [3.05, 3.63) is 23.8 Å². The number of likely N-dealkylation sites (tertiary alicyclic amines) is 1. The van der Waals surface area contributed by atoms with Crippen LogP contribution in [0.1, 0.15) is 42.5 Å².